The lowest BCUT2D eigenvalue weighted by Crippen LogP contribution is -2.15. The molecule has 0 aromatic carbocycles. The van der Waals surface area contributed by atoms with Crippen molar-refractivity contribution in [2.24, 2.45) is 0 Å². The molecule has 0 aliphatic heterocycles. The van der Waals surface area contributed by atoms with Crippen molar-refractivity contribution >= 4 is 11.9 Å². The molecule has 1 unspecified atom stereocenters. The molecule has 0 aliphatic rings. The SMILES string of the molecule is CCc1nccn1C(C)c1nc(N)nc(N)n1. The summed E-state index contributed by atoms with van der Waals surface area (Å²) in [5.41, 5.74) is 11.1. The predicted octanol–water partition coefficient (Wildman–Crippen LogP) is 0.404. The molecule has 2 rings (SSSR count). The Bertz CT molecular complexity index is 499. The number of anilines is 2. The largest absolute Gasteiger partial charge is 0.368 e. The first-order valence-electron chi connectivity index (χ1n) is 5.40. The third-order valence-corrected chi connectivity index (χ3v) is 2.54. The summed E-state index contributed by atoms with van der Waals surface area (Å²) < 4.78 is 1.99. The van der Waals surface area contributed by atoms with Crippen molar-refractivity contribution in [1.82, 2.24) is 24.5 Å². The average molecular weight is 233 g/mol. The number of nitrogen functional groups attached to an aromatic ring is 2. The molecule has 0 saturated heterocycles. The maximum Gasteiger partial charge on any atom is 0.225 e. The van der Waals surface area contributed by atoms with E-state index in [1.807, 2.05) is 24.6 Å². The first-order valence-corrected chi connectivity index (χ1v) is 5.40. The summed E-state index contributed by atoms with van der Waals surface area (Å²) >= 11 is 0. The molecule has 0 aliphatic carbocycles. The lowest BCUT2D eigenvalue weighted by molar-refractivity contribution is 0.572. The van der Waals surface area contributed by atoms with Crippen LogP contribution in [0.15, 0.2) is 12.4 Å². The zero-order chi connectivity index (χ0) is 12.4. The van der Waals surface area contributed by atoms with Gasteiger partial charge in [-0.2, -0.15) is 15.0 Å². The van der Waals surface area contributed by atoms with E-state index in [0.717, 1.165) is 12.2 Å². The molecule has 90 valence electrons. The van der Waals surface area contributed by atoms with E-state index in [2.05, 4.69) is 19.9 Å². The van der Waals surface area contributed by atoms with E-state index in [-0.39, 0.29) is 17.9 Å². The summed E-state index contributed by atoms with van der Waals surface area (Å²) in [6.45, 7) is 4.01. The Labute approximate surface area is 98.9 Å². The van der Waals surface area contributed by atoms with E-state index >= 15 is 0 Å². The molecule has 0 spiro atoms. The minimum Gasteiger partial charge on any atom is -0.368 e. The lowest BCUT2D eigenvalue weighted by Gasteiger charge is -2.14. The number of rotatable bonds is 3. The first kappa shape index (κ1) is 11.3. The summed E-state index contributed by atoms with van der Waals surface area (Å²) in [6.07, 6.45) is 4.48. The minimum absolute atomic E-state index is 0.0694. The predicted molar refractivity (Wildman–Crippen MR) is 64.1 cm³/mol. The van der Waals surface area contributed by atoms with Gasteiger partial charge in [-0.15, -0.1) is 0 Å². The van der Waals surface area contributed by atoms with Gasteiger partial charge in [-0.05, 0) is 6.92 Å². The van der Waals surface area contributed by atoms with Crippen LogP contribution in [0.5, 0.6) is 0 Å². The topological polar surface area (TPSA) is 109 Å². The normalized spacial score (nSPS) is 12.6. The zero-order valence-electron chi connectivity index (χ0n) is 9.83. The van der Waals surface area contributed by atoms with Gasteiger partial charge in [0.05, 0.1) is 6.04 Å². The fraction of sp³-hybridized carbons (Fsp3) is 0.400. The van der Waals surface area contributed by atoms with Gasteiger partial charge in [0.25, 0.3) is 0 Å². The lowest BCUT2D eigenvalue weighted by atomic mass is 10.3. The van der Waals surface area contributed by atoms with E-state index in [1.54, 1.807) is 6.20 Å². The molecular weight excluding hydrogens is 218 g/mol. The third kappa shape index (κ3) is 2.17. The highest BCUT2D eigenvalue weighted by atomic mass is 15.2. The van der Waals surface area contributed by atoms with Crippen LogP contribution in [0.4, 0.5) is 11.9 Å². The summed E-state index contributed by atoms with van der Waals surface area (Å²) in [7, 11) is 0. The first-order chi connectivity index (χ1) is 8.11. The van der Waals surface area contributed by atoms with Gasteiger partial charge >= 0.3 is 0 Å². The molecule has 2 aromatic heterocycles. The molecule has 0 saturated carbocycles. The van der Waals surface area contributed by atoms with E-state index in [1.165, 1.54) is 0 Å². The summed E-state index contributed by atoms with van der Waals surface area (Å²) in [4.78, 5) is 16.2. The van der Waals surface area contributed by atoms with Crippen molar-refractivity contribution in [3.63, 3.8) is 0 Å². The second-order valence-corrected chi connectivity index (χ2v) is 3.69. The maximum absolute atomic E-state index is 5.55. The van der Waals surface area contributed by atoms with E-state index in [9.17, 15) is 0 Å². The van der Waals surface area contributed by atoms with Crippen LogP contribution < -0.4 is 11.5 Å². The highest BCUT2D eigenvalue weighted by Gasteiger charge is 2.15. The quantitative estimate of drug-likeness (QED) is 0.794. The molecule has 2 aromatic rings. The van der Waals surface area contributed by atoms with Crippen molar-refractivity contribution in [1.29, 1.82) is 0 Å². The standard InChI is InChI=1S/C10H15N7/c1-3-7-13-4-5-17(7)6(2)8-14-9(11)16-10(12)15-8/h4-6H,3H2,1-2H3,(H4,11,12,14,15,16). The Balaban J connectivity index is 2.39. The van der Waals surface area contributed by atoms with Gasteiger partial charge in [0.1, 0.15) is 5.82 Å². The Morgan fingerprint density at radius 3 is 2.47 bits per heavy atom. The number of nitrogens with two attached hydrogens (primary N) is 2. The molecule has 17 heavy (non-hydrogen) atoms. The van der Waals surface area contributed by atoms with Crippen LogP contribution >= 0.6 is 0 Å². The summed E-state index contributed by atoms with van der Waals surface area (Å²) in [5.74, 6) is 1.78. The van der Waals surface area contributed by atoms with E-state index in [4.69, 9.17) is 11.5 Å². The molecular formula is C10H15N7. The molecule has 0 amide bonds. The average Bonchev–Trinajstić information content (AvgIpc) is 2.74. The van der Waals surface area contributed by atoms with E-state index in [0.29, 0.717) is 5.82 Å². The number of hydrogen-bond donors (Lipinski definition) is 2. The summed E-state index contributed by atoms with van der Waals surface area (Å²) in [5, 5.41) is 0. The second-order valence-electron chi connectivity index (χ2n) is 3.69. The van der Waals surface area contributed by atoms with Crippen LogP contribution in [0.25, 0.3) is 0 Å². The van der Waals surface area contributed by atoms with Crippen LogP contribution in [-0.2, 0) is 6.42 Å². The monoisotopic (exact) mass is 233 g/mol. The number of imidazole rings is 1. The minimum atomic E-state index is -0.0694. The molecule has 4 N–H and O–H groups in total. The Kier molecular flexibility index (Phi) is 2.90. The van der Waals surface area contributed by atoms with Crippen LogP contribution in [0.2, 0.25) is 0 Å². The van der Waals surface area contributed by atoms with Gasteiger partial charge in [-0.25, -0.2) is 4.98 Å². The molecule has 2 heterocycles. The van der Waals surface area contributed by atoms with Gasteiger partial charge in [0.2, 0.25) is 11.9 Å². The molecule has 1 atom stereocenters. The van der Waals surface area contributed by atoms with Gasteiger partial charge in [0.15, 0.2) is 5.82 Å². The van der Waals surface area contributed by atoms with Gasteiger partial charge < -0.3 is 16.0 Å². The maximum atomic E-state index is 5.55. The van der Waals surface area contributed by atoms with E-state index < -0.39 is 0 Å². The molecule has 0 bridgehead atoms. The smallest absolute Gasteiger partial charge is 0.225 e. The molecule has 0 fully saturated rings. The fourth-order valence-electron chi connectivity index (χ4n) is 1.71. The van der Waals surface area contributed by atoms with Crippen molar-refractivity contribution in [2.45, 2.75) is 26.3 Å². The van der Waals surface area contributed by atoms with Crippen molar-refractivity contribution in [2.75, 3.05) is 11.5 Å². The highest BCUT2D eigenvalue weighted by molar-refractivity contribution is 5.27. The number of aromatic nitrogens is 5. The number of aryl methyl sites for hydroxylation is 1. The van der Waals surface area contributed by atoms with Gasteiger partial charge in [-0.1, -0.05) is 6.92 Å². The Morgan fingerprint density at radius 1 is 1.24 bits per heavy atom. The van der Waals surface area contributed by atoms with Crippen molar-refractivity contribution in [3.8, 4) is 0 Å². The van der Waals surface area contributed by atoms with Crippen LogP contribution in [-0.4, -0.2) is 24.5 Å². The molecule has 7 nitrogen and oxygen atoms in total. The van der Waals surface area contributed by atoms with Gasteiger partial charge in [0, 0.05) is 18.8 Å². The van der Waals surface area contributed by atoms with Crippen molar-refractivity contribution in [3.05, 3.63) is 24.0 Å². The third-order valence-electron chi connectivity index (χ3n) is 2.54. The van der Waals surface area contributed by atoms with Crippen LogP contribution in [0, 0.1) is 0 Å². The molecule has 7 heteroatoms. The zero-order valence-corrected chi connectivity index (χ0v) is 9.83. The number of hydrogen-bond acceptors (Lipinski definition) is 6. The second kappa shape index (κ2) is 4.36. The Hall–Kier alpha value is -2.18. The molecule has 0 radical (unpaired) electrons. The Morgan fingerprint density at radius 2 is 1.88 bits per heavy atom. The van der Waals surface area contributed by atoms with Crippen LogP contribution in [0.3, 0.4) is 0 Å². The summed E-state index contributed by atoms with van der Waals surface area (Å²) in [6, 6.07) is -0.0694. The van der Waals surface area contributed by atoms with Gasteiger partial charge in [-0.3, -0.25) is 0 Å². The fourth-order valence-corrected chi connectivity index (χ4v) is 1.71. The van der Waals surface area contributed by atoms with Crippen molar-refractivity contribution < 1.29 is 0 Å². The highest BCUT2D eigenvalue weighted by Crippen LogP contribution is 2.17. The van der Waals surface area contributed by atoms with Crippen LogP contribution in [0.1, 0.15) is 31.5 Å². The number of nitrogens with zero attached hydrogens (tertiary/aromatic N) is 5.